The molecule has 0 amide bonds. The van der Waals surface area contributed by atoms with Gasteiger partial charge in [-0.3, -0.25) is 4.90 Å². The molecule has 3 saturated heterocycles. The largest absolute Gasteiger partial charge is 0.303 e. The van der Waals surface area contributed by atoms with E-state index in [-0.39, 0.29) is 0 Å². The van der Waals surface area contributed by atoms with Gasteiger partial charge >= 0.3 is 0 Å². The summed E-state index contributed by atoms with van der Waals surface area (Å²) in [5.41, 5.74) is 0. The predicted molar refractivity (Wildman–Crippen MR) is 132 cm³/mol. The summed E-state index contributed by atoms with van der Waals surface area (Å²) in [6, 6.07) is 1.45. The molecule has 0 N–H and O–H groups in total. The Hall–Kier alpha value is -0.160. The van der Waals surface area contributed by atoms with Crippen molar-refractivity contribution in [3.63, 3.8) is 0 Å². The first kappa shape index (κ1) is 26.1. The van der Waals surface area contributed by atoms with Crippen molar-refractivity contribution in [1.82, 2.24) is 19.6 Å². The van der Waals surface area contributed by atoms with E-state index in [2.05, 4.69) is 68.1 Å². The average molecular weight is 423 g/mol. The van der Waals surface area contributed by atoms with Crippen molar-refractivity contribution in [3.05, 3.63) is 0 Å². The fourth-order valence-corrected chi connectivity index (χ4v) is 5.20. The maximum Gasteiger partial charge on any atom is 0.0113 e. The standard InChI is InChI=1S/C22H44N4.C4H10/c1-19(2)25-11-7-22(8-12-25)17-23-9-5-21(6-10-23)18-24-13-15-26(16-14-24)20(3)4;1-4(2)3/h19-22H,5-18H2,1-4H3;4H,1-3H3. The fourth-order valence-electron chi connectivity index (χ4n) is 5.20. The molecule has 3 rings (SSSR count). The van der Waals surface area contributed by atoms with Crippen molar-refractivity contribution < 1.29 is 0 Å². The van der Waals surface area contributed by atoms with Crippen LogP contribution in [0.4, 0.5) is 0 Å². The van der Waals surface area contributed by atoms with Crippen LogP contribution < -0.4 is 0 Å². The Kier molecular flexibility index (Phi) is 11.7. The second kappa shape index (κ2) is 13.4. The zero-order valence-corrected chi connectivity index (χ0v) is 21.6. The predicted octanol–water partition coefficient (Wildman–Crippen LogP) is 4.51. The number of rotatable bonds is 6. The molecule has 3 fully saturated rings. The summed E-state index contributed by atoms with van der Waals surface area (Å²) in [7, 11) is 0. The lowest BCUT2D eigenvalue weighted by Crippen LogP contribution is -2.50. The van der Waals surface area contributed by atoms with Gasteiger partial charge in [0.25, 0.3) is 0 Å². The van der Waals surface area contributed by atoms with E-state index in [1.807, 2.05) is 0 Å². The van der Waals surface area contributed by atoms with Crippen molar-refractivity contribution >= 4 is 0 Å². The zero-order chi connectivity index (χ0) is 22.1. The van der Waals surface area contributed by atoms with Gasteiger partial charge in [-0.25, -0.2) is 0 Å². The van der Waals surface area contributed by atoms with Crippen LogP contribution in [0, 0.1) is 17.8 Å². The molecule has 0 aromatic heterocycles. The van der Waals surface area contributed by atoms with E-state index in [4.69, 9.17) is 0 Å². The molecule has 0 atom stereocenters. The quantitative estimate of drug-likeness (QED) is 0.624. The van der Waals surface area contributed by atoms with Gasteiger partial charge in [0.1, 0.15) is 0 Å². The molecule has 0 aliphatic carbocycles. The van der Waals surface area contributed by atoms with Crippen molar-refractivity contribution in [2.75, 3.05) is 65.4 Å². The van der Waals surface area contributed by atoms with Crippen LogP contribution in [0.15, 0.2) is 0 Å². The molecular weight excluding hydrogens is 368 g/mol. The van der Waals surface area contributed by atoms with Crippen LogP contribution in [0.5, 0.6) is 0 Å². The van der Waals surface area contributed by atoms with Gasteiger partial charge in [-0.05, 0) is 97.3 Å². The Morgan fingerprint density at radius 3 is 1.23 bits per heavy atom. The molecule has 0 spiro atoms. The monoisotopic (exact) mass is 422 g/mol. The summed E-state index contributed by atoms with van der Waals surface area (Å²) in [5, 5.41) is 0. The molecule has 0 unspecified atom stereocenters. The smallest absolute Gasteiger partial charge is 0.0113 e. The lowest BCUT2D eigenvalue weighted by Gasteiger charge is -2.41. The molecule has 4 nitrogen and oxygen atoms in total. The molecule has 0 aromatic carbocycles. The van der Waals surface area contributed by atoms with Crippen molar-refractivity contribution in [2.45, 2.75) is 86.2 Å². The normalized spacial score (nSPS) is 24.6. The average Bonchev–Trinajstić information content (AvgIpc) is 2.70. The highest BCUT2D eigenvalue weighted by atomic mass is 15.3. The summed E-state index contributed by atoms with van der Waals surface area (Å²) in [6.45, 7) is 29.0. The number of likely N-dealkylation sites (tertiary alicyclic amines) is 2. The molecule has 0 saturated carbocycles. The second-order valence-corrected chi connectivity index (χ2v) is 11.5. The van der Waals surface area contributed by atoms with Crippen LogP contribution in [-0.2, 0) is 0 Å². The Bertz CT molecular complexity index is 386. The first-order valence-corrected chi connectivity index (χ1v) is 13.2. The van der Waals surface area contributed by atoms with E-state index in [9.17, 15) is 0 Å². The number of piperidine rings is 2. The fraction of sp³-hybridized carbons (Fsp3) is 1.00. The zero-order valence-electron chi connectivity index (χ0n) is 21.6. The molecule has 3 aliphatic heterocycles. The second-order valence-electron chi connectivity index (χ2n) is 11.5. The summed E-state index contributed by atoms with van der Waals surface area (Å²) in [4.78, 5) is 10.8. The van der Waals surface area contributed by atoms with E-state index in [1.54, 1.807) is 0 Å². The summed E-state index contributed by atoms with van der Waals surface area (Å²) < 4.78 is 0. The minimum Gasteiger partial charge on any atom is -0.303 e. The van der Waals surface area contributed by atoms with Gasteiger partial charge in [-0.15, -0.1) is 0 Å². The minimum atomic E-state index is 0.716. The van der Waals surface area contributed by atoms with Crippen molar-refractivity contribution in [3.8, 4) is 0 Å². The van der Waals surface area contributed by atoms with Crippen LogP contribution in [0.1, 0.15) is 74.1 Å². The van der Waals surface area contributed by atoms with Crippen LogP contribution in [-0.4, -0.2) is 97.1 Å². The highest BCUT2D eigenvalue weighted by Gasteiger charge is 2.27. The lowest BCUT2D eigenvalue weighted by atomic mass is 9.92. The summed E-state index contributed by atoms with van der Waals surface area (Å²) >= 11 is 0. The first-order chi connectivity index (χ1) is 14.2. The Morgan fingerprint density at radius 1 is 0.500 bits per heavy atom. The Balaban J connectivity index is 0.000000735. The van der Waals surface area contributed by atoms with Crippen LogP contribution in [0.3, 0.4) is 0 Å². The van der Waals surface area contributed by atoms with E-state index < -0.39 is 0 Å². The van der Waals surface area contributed by atoms with E-state index in [1.165, 1.54) is 91.1 Å². The van der Waals surface area contributed by atoms with Gasteiger partial charge in [0.2, 0.25) is 0 Å². The third-order valence-corrected chi connectivity index (χ3v) is 7.26. The van der Waals surface area contributed by atoms with Crippen molar-refractivity contribution in [2.24, 2.45) is 17.8 Å². The minimum absolute atomic E-state index is 0.716. The first-order valence-electron chi connectivity index (χ1n) is 13.2. The number of hydrogen-bond acceptors (Lipinski definition) is 4. The molecule has 0 aromatic rings. The van der Waals surface area contributed by atoms with Crippen LogP contribution in [0.25, 0.3) is 0 Å². The summed E-state index contributed by atoms with van der Waals surface area (Å²) in [5.74, 6) is 2.73. The van der Waals surface area contributed by atoms with Gasteiger partial charge < -0.3 is 14.7 Å². The van der Waals surface area contributed by atoms with Gasteiger partial charge in [0.05, 0.1) is 0 Å². The maximum absolute atomic E-state index is 2.78. The van der Waals surface area contributed by atoms with Gasteiger partial charge in [0.15, 0.2) is 0 Å². The number of hydrogen-bond donors (Lipinski definition) is 0. The highest BCUT2D eigenvalue weighted by Crippen LogP contribution is 2.24. The third kappa shape index (κ3) is 9.54. The molecule has 3 heterocycles. The Labute approximate surface area is 189 Å². The summed E-state index contributed by atoms with van der Waals surface area (Å²) in [6.07, 6.45) is 5.68. The molecule has 30 heavy (non-hydrogen) atoms. The number of nitrogens with zero attached hydrogens (tertiary/aromatic N) is 4. The van der Waals surface area contributed by atoms with Crippen LogP contribution >= 0.6 is 0 Å². The van der Waals surface area contributed by atoms with E-state index in [0.717, 1.165) is 23.8 Å². The lowest BCUT2D eigenvalue weighted by molar-refractivity contribution is 0.0716. The topological polar surface area (TPSA) is 13.0 Å². The highest BCUT2D eigenvalue weighted by molar-refractivity contribution is 4.82. The van der Waals surface area contributed by atoms with Gasteiger partial charge in [0, 0.05) is 51.4 Å². The van der Waals surface area contributed by atoms with Gasteiger partial charge in [-0.1, -0.05) is 20.8 Å². The molecule has 178 valence electrons. The maximum atomic E-state index is 2.78. The van der Waals surface area contributed by atoms with Crippen LogP contribution in [0.2, 0.25) is 0 Å². The molecule has 4 heteroatoms. The van der Waals surface area contributed by atoms with E-state index in [0.29, 0.717) is 6.04 Å². The molecule has 0 bridgehead atoms. The molecule has 3 aliphatic rings. The molecule has 0 radical (unpaired) electrons. The number of piperazine rings is 1. The van der Waals surface area contributed by atoms with Crippen molar-refractivity contribution in [1.29, 1.82) is 0 Å². The van der Waals surface area contributed by atoms with E-state index >= 15 is 0 Å². The Morgan fingerprint density at radius 2 is 0.833 bits per heavy atom. The molecular formula is C26H54N4. The SMILES string of the molecule is CC(C)C.CC(C)N1CCC(CN2CCC(CN3CCN(C(C)C)CC3)CC2)CC1. The third-order valence-electron chi connectivity index (χ3n) is 7.26. The van der Waals surface area contributed by atoms with Gasteiger partial charge in [-0.2, -0.15) is 0 Å².